The molecule has 18 heavy (non-hydrogen) atoms. The van der Waals surface area contributed by atoms with Gasteiger partial charge >= 0.3 is 0 Å². The molecule has 0 heterocycles. The van der Waals surface area contributed by atoms with E-state index in [1.807, 2.05) is 25.1 Å². The molecule has 1 N–H and O–H groups in total. The number of halogens is 1. The Labute approximate surface area is 115 Å². The molecule has 1 aromatic rings. The van der Waals surface area contributed by atoms with Crippen LogP contribution in [0.15, 0.2) is 18.2 Å². The normalized spacial score (nSPS) is 18.8. The minimum absolute atomic E-state index is 0.356. The monoisotopic (exact) mass is 266 g/mol. The van der Waals surface area contributed by atoms with E-state index >= 15 is 0 Å². The molecule has 0 bridgehead atoms. The predicted octanol–water partition coefficient (Wildman–Crippen LogP) is 5.04. The maximum absolute atomic E-state index is 10.3. The molecular weight excluding hydrogens is 244 g/mol. The molecule has 1 nitrogen and oxygen atoms in total. The van der Waals surface area contributed by atoms with Crippen LogP contribution < -0.4 is 0 Å². The molecule has 0 spiro atoms. The molecule has 1 fully saturated rings. The number of aryl methyl sites for hydroxylation is 1. The van der Waals surface area contributed by atoms with Crippen molar-refractivity contribution in [3.05, 3.63) is 34.3 Å². The number of hydrogen-bond acceptors (Lipinski definition) is 1. The Kier molecular flexibility index (Phi) is 5.08. The summed E-state index contributed by atoms with van der Waals surface area (Å²) in [7, 11) is 0. The fourth-order valence-electron chi connectivity index (χ4n) is 3.00. The second kappa shape index (κ2) is 6.58. The third kappa shape index (κ3) is 3.73. The van der Waals surface area contributed by atoms with E-state index in [9.17, 15) is 5.11 Å². The molecule has 0 amide bonds. The van der Waals surface area contributed by atoms with Gasteiger partial charge in [0.2, 0.25) is 0 Å². The van der Waals surface area contributed by atoms with E-state index in [1.54, 1.807) is 0 Å². The molecule has 0 aliphatic heterocycles. The minimum Gasteiger partial charge on any atom is -0.388 e. The van der Waals surface area contributed by atoms with Gasteiger partial charge in [0.05, 0.1) is 6.10 Å². The highest BCUT2D eigenvalue weighted by atomic mass is 35.5. The van der Waals surface area contributed by atoms with Crippen molar-refractivity contribution in [3.8, 4) is 0 Å². The van der Waals surface area contributed by atoms with Crippen LogP contribution in [0.4, 0.5) is 0 Å². The van der Waals surface area contributed by atoms with Crippen LogP contribution in [0.1, 0.15) is 62.2 Å². The third-order valence-corrected chi connectivity index (χ3v) is 4.41. The summed E-state index contributed by atoms with van der Waals surface area (Å²) in [5.74, 6) is 0.827. The highest BCUT2D eigenvalue weighted by Crippen LogP contribution is 2.31. The highest BCUT2D eigenvalue weighted by molar-refractivity contribution is 6.30. The first kappa shape index (κ1) is 13.9. The molecule has 1 unspecified atom stereocenters. The summed E-state index contributed by atoms with van der Waals surface area (Å²) >= 11 is 6.00. The smallest absolute Gasteiger partial charge is 0.0793 e. The highest BCUT2D eigenvalue weighted by Gasteiger charge is 2.17. The van der Waals surface area contributed by atoms with Crippen molar-refractivity contribution in [1.29, 1.82) is 0 Å². The van der Waals surface area contributed by atoms with Gasteiger partial charge in [0.25, 0.3) is 0 Å². The van der Waals surface area contributed by atoms with Crippen molar-refractivity contribution in [2.45, 2.75) is 58.0 Å². The fourth-order valence-corrected chi connectivity index (χ4v) is 3.18. The molecule has 100 valence electrons. The Morgan fingerprint density at radius 1 is 1.28 bits per heavy atom. The van der Waals surface area contributed by atoms with Crippen molar-refractivity contribution in [1.82, 2.24) is 0 Å². The van der Waals surface area contributed by atoms with Gasteiger partial charge in [-0.15, -0.1) is 0 Å². The average molecular weight is 267 g/mol. The van der Waals surface area contributed by atoms with E-state index in [1.165, 1.54) is 32.1 Å². The SMILES string of the molecule is Cc1ccc(Cl)cc1C(O)CCC1CCCCC1. The molecule has 1 saturated carbocycles. The van der Waals surface area contributed by atoms with Crippen LogP contribution in [0.25, 0.3) is 0 Å². The summed E-state index contributed by atoms with van der Waals surface area (Å²) in [5.41, 5.74) is 2.13. The second-order valence-electron chi connectivity index (χ2n) is 5.60. The largest absolute Gasteiger partial charge is 0.388 e. The van der Waals surface area contributed by atoms with E-state index in [4.69, 9.17) is 11.6 Å². The zero-order valence-electron chi connectivity index (χ0n) is 11.2. The predicted molar refractivity (Wildman–Crippen MR) is 77.0 cm³/mol. The lowest BCUT2D eigenvalue weighted by Gasteiger charge is -2.23. The summed E-state index contributed by atoms with van der Waals surface area (Å²) in [5, 5.41) is 11.0. The second-order valence-corrected chi connectivity index (χ2v) is 6.03. The van der Waals surface area contributed by atoms with Crippen molar-refractivity contribution < 1.29 is 5.11 Å². The molecule has 0 radical (unpaired) electrons. The van der Waals surface area contributed by atoms with Crippen molar-refractivity contribution >= 4 is 11.6 Å². The Morgan fingerprint density at radius 2 is 2.00 bits per heavy atom. The van der Waals surface area contributed by atoms with Crippen LogP contribution in [0, 0.1) is 12.8 Å². The number of hydrogen-bond donors (Lipinski definition) is 1. The Bertz CT molecular complexity index is 383. The zero-order chi connectivity index (χ0) is 13.0. The Hall–Kier alpha value is -0.530. The van der Waals surface area contributed by atoms with E-state index in [-0.39, 0.29) is 6.10 Å². The van der Waals surface area contributed by atoms with Gasteiger partial charge in [-0.25, -0.2) is 0 Å². The fraction of sp³-hybridized carbons (Fsp3) is 0.625. The van der Waals surface area contributed by atoms with Gasteiger partial charge in [-0.05, 0) is 48.9 Å². The van der Waals surface area contributed by atoms with Crippen molar-refractivity contribution in [2.75, 3.05) is 0 Å². The quantitative estimate of drug-likeness (QED) is 0.809. The van der Waals surface area contributed by atoms with E-state index in [2.05, 4.69) is 0 Å². The van der Waals surface area contributed by atoms with Crippen LogP contribution >= 0.6 is 11.6 Å². The molecule has 1 atom stereocenters. The molecule has 2 heteroatoms. The molecule has 1 aliphatic rings. The number of aliphatic hydroxyl groups is 1. The molecule has 1 aromatic carbocycles. The lowest BCUT2D eigenvalue weighted by atomic mass is 9.84. The third-order valence-electron chi connectivity index (χ3n) is 4.17. The number of benzene rings is 1. The van der Waals surface area contributed by atoms with Crippen molar-refractivity contribution in [2.24, 2.45) is 5.92 Å². The maximum atomic E-state index is 10.3. The maximum Gasteiger partial charge on any atom is 0.0793 e. The van der Waals surface area contributed by atoms with Gasteiger partial charge in [-0.1, -0.05) is 49.8 Å². The van der Waals surface area contributed by atoms with Crippen molar-refractivity contribution in [3.63, 3.8) is 0 Å². The minimum atomic E-state index is -0.356. The first-order valence-electron chi connectivity index (χ1n) is 7.11. The van der Waals surface area contributed by atoms with Crippen LogP contribution in [-0.4, -0.2) is 5.11 Å². The summed E-state index contributed by atoms with van der Waals surface area (Å²) in [4.78, 5) is 0. The van der Waals surface area contributed by atoms with Gasteiger partial charge in [0, 0.05) is 5.02 Å². The molecular formula is C16H23ClO. The van der Waals surface area contributed by atoms with Crippen LogP contribution in [0.3, 0.4) is 0 Å². The summed E-state index contributed by atoms with van der Waals surface area (Å²) in [6.07, 6.45) is 8.49. The lowest BCUT2D eigenvalue weighted by molar-refractivity contribution is 0.150. The zero-order valence-corrected chi connectivity index (χ0v) is 11.9. The molecule has 0 aromatic heterocycles. The number of rotatable bonds is 4. The molecule has 2 rings (SSSR count). The average Bonchev–Trinajstić information content (AvgIpc) is 2.40. The van der Waals surface area contributed by atoms with E-state index in [0.29, 0.717) is 5.02 Å². The summed E-state index contributed by atoms with van der Waals surface area (Å²) in [6, 6.07) is 5.78. The summed E-state index contributed by atoms with van der Waals surface area (Å²) in [6.45, 7) is 2.04. The van der Waals surface area contributed by atoms with Crippen LogP contribution in [0.5, 0.6) is 0 Å². The van der Waals surface area contributed by atoms with E-state index in [0.717, 1.165) is 29.9 Å². The molecule has 1 aliphatic carbocycles. The Morgan fingerprint density at radius 3 is 2.72 bits per heavy atom. The van der Waals surface area contributed by atoms with Gasteiger partial charge in [0.15, 0.2) is 0 Å². The topological polar surface area (TPSA) is 20.2 Å². The van der Waals surface area contributed by atoms with Gasteiger partial charge in [-0.3, -0.25) is 0 Å². The van der Waals surface area contributed by atoms with Gasteiger partial charge in [-0.2, -0.15) is 0 Å². The van der Waals surface area contributed by atoms with Crippen LogP contribution in [0.2, 0.25) is 5.02 Å². The lowest BCUT2D eigenvalue weighted by Crippen LogP contribution is -2.09. The van der Waals surface area contributed by atoms with Gasteiger partial charge < -0.3 is 5.11 Å². The standard InChI is InChI=1S/C16H23ClO/c1-12-7-9-14(17)11-15(12)16(18)10-8-13-5-3-2-4-6-13/h7,9,11,13,16,18H,2-6,8,10H2,1H3. The Balaban J connectivity index is 1.90. The van der Waals surface area contributed by atoms with Gasteiger partial charge in [0.1, 0.15) is 0 Å². The van der Waals surface area contributed by atoms with Crippen LogP contribution in [-0.2, 0) is 0 Å². The van der Waals surface area contributed by atoms with E-state index < -0.39 is 0 Å². The summed E-state index contributed by atoms with van der Waals surface area (Å²) < 4.78 is 0. The molecule has 0 saturated heterocycles. The first-order chi connectivity index (χ1) is 8.66. The first-order valence-corrected chi connectivity index (χ1v) is 7.48. The number of aliphatic hydroxyl groups excluding tert-OH is 1.